The molecule has 6 N–H and O–H groups in total. The molecule has 0 aromatic rings. The normalized spacial score (nSPS) is 25.6. The summed E-state index contributed by atoms with van der Waals surface area (Å²) < 4.78 is 5.10. The van der Waals surface area contributed by atoms with Gasteiger partial charge in [0.15, 0.2) is 5.76 Å². The highest BCUT2D eigenvalue weighted by Gasteiger charge is 2.64. The maximum atomic E-state index is 11.8. The summed E-state index contributed by atoms with van der Waals surface area (Å²) in [4.78, 5) is 11.8. The minimum Gasteiger partial charge on any atom is -0.505 e. The number of rotatable bonds is 11. The number of hydrogen-bond donors (Lipinski definition) is 6. The Morgan fingerprint density at radius 1 is 1.16 bits per heavy atom. The molecular weight excluding hydrogens is 332 g/mol. The lowest BCUT2D eigenvalue weighted by Crippen LogP contribution is -2.63. The van der Waals surface area contributed by atoms with E-state index in [9.17, 15) is 30.3 Å². The summed E-state index contributed by atoms with van der Waals surface area (Å²) in [5.41, 5.74) is -4.35. The third-order valence-corrected chi connectivity index (χ3v) is 4.85. The zero-order valence-electron chi connectivity index (χ0n) is 14.8. The van der Waals surface area contributed by atoms with Crippen molar-refractivity contribution in [3.05, 3.63) is 11.5 Å². The van der Waals surface area contributed by atoms with Gasteiger partial charge in [-0.15, -0.1) is 0 Å². The van der Waals surface area contributed by atoms with Crippen LogP contribution in [0.25, 0.3) is 0 Å². The fourth-order valence-electron chi connectivity index (χ4n) is 3.34. The Morgan fingerprint density at radius 3 is 2.24 bits per heavy atom. The molecule has 25 heavy (non-hydrogen) atoms. The van der Waals surface area contributed by atoms with Gasteiger partial charge in [0, 0.05) is 6.42 Å². The van der Waals surface area contributed by atoms with Crippen LogP contribution < -0.4 is 0 Å². The predicted octanol–water partition coefficient (Wildman–Crippen LogP) is 0.825. The van der Waals surface area contributed by atoms with Gasteiger partial charge in [0.1, 0.15) is 5.60 Å². The largest absolute Gasteiger partial charge is 0.505 e. The molecule has 0 bridgehead atoms. The minimum absolute atomic E-state index is 0.0230. The molecule has 0 saturated heterocycles. The first-order valence-corrected chi connectivity index (χ1v) is 8.75. The van der Waals surface area contributed by atoms with Gasteiger partial charge in [-0.05, 0) is 12.8 Å². The van der Waals surface area contributed by atoms with Gasteiger partial charge in [0.2, 0.25) is 11.4 Å². The number of carbonyl (C=O) groups is 1. The van der Waals surface area contributed by atoms with Crippen molar-refractivity contribution in [3.63, 3.8) is 0 Å². The molecule has 1 rings (SSSR count). The summed E-state index contributed by atoms with van der Waals surface area (Å²) >= 11 is 0. The average molecular weight is 362 g/mol. The Kier molecular flexibility index (Phi) is 7.67. The Balaban J connectivity index is 3.32. The molecule has 0 aromatic heterocycles. The Morgan fingerprint density at radius 2 is 1.80 bits per heavy atom. The fourth-order valence-corrected chi connectivity index (χ4v) is 3.34. The van der Waals surface area contributed by atoms with Crippen LogP contribution in [0.1, 0.15) is 58.8 Å². The molecule has 1 aliphatic rings. The number of ether oxygens (including phenoxy) is 1. The van der Waals surface area contributed by atoms with Crippen molar-refractivity contribution in [2.45, 2.75) is 82.2 Å². The van der Waals surface area contributed by atoms with Crippen LogP contribution in [0, 0.1) is 0 Å². The van der Waals surface area contributed by atoms with Crippen molar-refractivity contribution in [2.75, 3.05) is 6.61 Å². The zero-order chi connectivity index (χ0) is 19.3. The van der Waals surface area contributed by atoms with Gasteiger partial charge in [0.05, 0.1) is 18.8 Å². The number of cyclic esters (lactones) is 1. The molecule has 0 radical (unpaired) electrons. The van der Waals surface area contributed by atoms with E-state index in [0.29, 0.717) is 6.42 Å². The van der Waals surface area contributed by atoms with E-state index >= 15 is 0 Å². The summed E-state index contributed by atoms with van der Waals surface area (Å²) in [5, 5.41) is 60.7. The molecular formula is C17H30O8. The summed E-state index contributed by atoms with van der Waals surface area (Å²) in [7, 11) is 0. The molecule has 4 atom stereocenters. The molecule has 0 aromatic carbocycles. The van der Waals surface area contributed by atoms with Gasteiger partial charge >= 0.3 is 5.97 Å². The SMILES string of the molecule is CCCCCC[C@](O)(C(O)CC)[C@@]1(CC(O)CO)OC(=O)C(O)=C1O. The maximum Gasteiger partial charge on any atom is 0.378 e. The first-order valence-electron chi connectivity index (χ1n) is 8.75. The minimum atomic E-state index is -2.22. The van der Waals surface area contributed by atoms with Crippen LogP contribution in [-0.4, -0.2) is 66.6 Å². The van der Waals surface area contributed by atoms with Crippen molar-refractivity contribution >= 4 is 5.97 Å². The number of aliphatic hydroxyl groups excluding tert-OH is 5. The first kappa shape index (κ1) is 21.7. The molecule has 8 heteroatoms. The van der Waals surface area contributed by atoms with Crippen LogP contribution in [0.15, 0.2) is 11.5 Å². The lowest BCUT2D eigenvalue weighted by Gasteiger charge is -2.46. The molecule has 0 amide bonds. The second-order valence-corrected chi connectivity index (χ2v) is 6.61. The second kappa shape index (κ2) is 8.84. The molecule has 0 spiro atoms. The monoisotopic (exact) mass is 362 g/mol. The highest BCUT2D eigenvalue weighted by Crippen LogP contribution is 2.47. The van der Waals surface area contributed by atoms with Crippen LogP contribution in [0.4, 0.5) is 0 Å². The molecule has 146 valence electrons. The maximum absolute atomic E-state index is 11.8. The lowest BCUT2D eigenvalue weighted by atomic mass is 9.70. The third kappa shape index (κ3) is 4.08. The van der Waals surface area contributed by atoms with Crippen molar-refractivity contribution in [1.29, 1.82) is 0 Å². The smallest absolute Gasteiger partial charge is 0.378 e. The van der Waals surface area contributed by atoms with E-state index in [4.69, 9.17) is 9.84 Å². The summed E-state index contributed by atoms with van der Waals surface area (Å²) in [6, 6.07) is 0. The van der Waals surface area contributed by atoms with Crippen molar-refractivity contribution in [2.24, 2.45) is 0 Å². The van der Waals surface area contributed by atoms with E-state index in [0.717, 1.165) is 19.3 Å². The number of carbonyl (C=O) groups excluding carboxylic acids is 1. The molecule has 1 heterocycles. The molecule has 0 saturated carbocycles. The van der Waals surface area contributed by atoms with E-state index < -0.39 is 53.9 Å². The Labute approximate surface area is 147 Å². The fraction of sp³-hybridized carbons (Fsp3) is 0.824. The number of aliphatic hydroxyl groups is 6. The molecule has 1 aliphatic heterocycles. The van der Waals surface area contributed by atoms with E-state index in [-0.39, 0.29) is 12.8 Å². The van der Waals surface area contributed by atoms with Gasteiger partial charge < -0.3 is 35.4 Å². The van der Waals surface area contributed by atoms with Crippen LogP contribution in [0.5, 0.6) is 0 Å². The predicted molar refractivity (Wildman–Crippen MR) is 88.8 cm³/mol. The van der Waals surface area contributed by atoms with Crippen LogP contribution in [-0.2, 0) is 9.53 Å². The number of unbranched alkanes of at least 4 members (excludes halogenated alkanes) is 3. The molecule has 0 aliphatic carbocycles. The van der Waals surface area contributed by atoms with Gasteiger partial charge in [-0.25, -0.2) is 4.79 Å². The van der Waals surface area contributed by atoms with E-state index in [1.54, 1.807) is 6.92 Å². The first-order chi connectivity index (χ1) is 11.7. The van der Waals surface area contributed by atoms with Gasteiger partial charge in [-0.2, -0.15) is 0 Å². The summed E-state index contributed by atoms with van der Waals surface area (Å²) in [6.45, 7) is 2.91. The summed E-state index contributed by atoms with van der Waals surface area (Å²) in [6.07, 6.45) is -0.249. The Hall–Kier alpha value is -1.35. The van der Waals surface area contributed by atoms with E-state index in [1.807, 2.05) is 6.92 Å². The third-order valence-electron chi connectivity index (χ3n) is 4.85. The molecule has 0 fully saturated rings. The van der Waals surface area contributed by atoms with Crippen molar-refractivity contribution < 1.29 is 40.2 Å². The average Bonchev–Trinajstić information content (AvgIpc) is 2.82. The van der Waals surface area contributed by atoms with Crippen molar-refractivity contribution in [3.8, 4) is 0 Å². The van der Waals surface area contributed by atoms with Crippen LogP contribution in [0.2, 0.25) is 0 Å². The zero-order valence-corrected chi connectivity index (χ0v) is 14.8. The van der Waals surface area contributed by atoms with Gasteiger partial charge in [-0.3, -0.25) is 0 Å². The van der Waals surface area contributed by atoms with Gasteiger partial charge in [-0.1, -0.05) is 39.5 Å². The highest BCUT2D eigenvalue weighted by atomic mass is 16.6. The lowest BCUT2D eigenvalue weighted by molar-refractivity contribution is -0.222. The molecule has 8 nitrogen and oxygen atoms in total. The number of esters is 1. The van der Waals surface area contributed by atoms with Crippen LogP contribution in [0.3, 0.4) is 0 Å². The second-order valence-electron chi connectivity index (χ2n) is 6.61. The number of hydrogen-bond acceptors (Lipinski definition) is 8. The van der Waals surface area contributed by atoms with Gasteiger partial charge in [0.25, 0.3) is 0 Å². The highest BCUT2D eigenvalue weighted by molar-refractivity contribution is 5.90. The Bertz CT molecular complexity index is 491. The van der Waals surface area contributed by atoms with Crippen LogP contribution >= 0.6 is 0 Å². The van der Waals surface area contributed by atoms with E-state index in [1.165, 1.54) is 0 Å². The molecule has 2 unspecified atom stereocenters. The standard InChI is InChI=1S/C17H30O8/c1-3-5-6-7-8-16(24,12(20)4-2)17(9-11(19)10-18)14(22)13(21)15(23)25-17/h11-12,18-22,24H,3-10H2,1-2H3/t11?,12?,16-,17-/m0/s1. The topological polar surface area (TPSA) is 148 Å². The quantitative estimate of drug-likeness (QED) is 0.234. The summed E-state index contributed by atoms with van der Waals surface area (Å²) in [5.74, 6) is -3.26. The van der Waals surface area contributed by atoms with Crippen molar-refractivity contribution in [1.82, 2.24) is 0 Å². The van der Waals surface area contributed by atoms with E-state index in [2.05, 4.69) is 0 Å².